The van der Waals surface area contributed by atoms with Gasteiger partial charge in [0.15, 0.2) is 0 Å². The monoisotopic (exact) mass is 255 g/mol. The zero-order valence-corrected chi connectivity index (χ0v) is 10.7. The molecule has 1 heterocycles. The van der Waals surface area contributed by atoms with Gasteiger partial charge in [-0.05, 0) is 32.2 Å². The number of carbonyl (C=O) groups excluding carboxylic acids is 1. The molecule has 94 valence electrons. The van der Waals surface area contributed by atoms with Crippen LogP contribution in [0.4, 0.5) is 4.79 Å². The molecule has 0 spiro atoms. The number of amides is 1. The van der Waals surface area contributed by atoms with E-state index in [4.69, 9.17) is 10.5 Å². The zero-order valence-electron chi connectivity index (χ0n) is 9.86. The molecule has 0 aliphatic heterocycles. The van der Waals surface area contributed by atoms with E-state index in [1.54, 1.807) is 0 Å². The number of carbonyl (C=O) groups is 1. The summed E-state index contributed by atoms with van der Waals surface area (Å²) in [6.45, 7) is 3.20. The molecule has 0 fully saturated rings. The summed E-state index contributed by atoms with van der Waals surface area (Å²) in [7, 11) is 0. The molecular weight excluding hydrogens is 238 g/mol. The molecule has 2 rings (SSSR count). The van der Waals surface area contributed by atoms with E-state index in [1.807, 2.05) is 0 Å². The summed E-state index contributed by atoms with van der Waals surface area (Å²) in [5.74, 6) is 0. The molecule has 1 aromatic heterocycles. The van der Waals surface area contributed by atoms with Gasteiger partial charge in [0.05, 0.1) is 5.69 Å². The Morgan fingerprint density at radius 3 is 3.24 bits per heavy atom. The van der Waals surface area contributed by atoms with Crippen LogP contribution in [-0.4, -0.2) is 23.7 Å². The van der Waals surface area contributed by atoms with Crippen LogP contribution in [0.1, 0.15) is 30.3 Å². The van der Waals surface area contributed by atoms with Crippen molar-refractivity contribution in [1.82, 2.24) is 10.3 Å². The van der Waals surface area contributed by atoms with E-state index in [0.717, 1.165) is 37.9 Å². The number of rotatable bonds is 4. The van der Waals surface area contributed by atoms with Crippen molar-refractivity contribution in [2.75, 3.05) is 6.54 Å². The van der Waals surface area contributed by atoms with E-state index in [2.05, 4.69) is 17.2 Å². The smallest absolute Gasteiger partial charge is 0.381 e. The minimum absolute atomic E-state index is 0.374. The second-order valence-electron chi connectivity index (χ2n) is 4.16. The van der Waals surface area contributed by atoms with Crippen molar-refractivity contribution < 1.29 is 9.53 Å². The number of thiazole rings is 1. The first-order valence-electron chi connectivity index (χ1n) is 5.88. The molecular formula is C11H17N3O2S. The number of aromatic nitrogens is 1. The number of ether oxygens (including phenoxy) is 1. The average Bonchev–Trinajstić information content (AvgIpc) is 2.66. The van der Waals surface area contributed by atoms with Crippen LogP contribution in [0.25, 0.3) is 0 Å². The van der Waals surface area contributed by atoms with E-state index in [-0.39, 0.29) is 0 Å². The molecule has 0 aromatic carbocycles. The summed E-state index contributed by atoms with van der Waals surface area (Å²) >= 11 is 1.43. The number of nitrogens with one attached hydrogen (secondary N) is 1. The first kappa shape index (κ1) is 12.3. The minimum atomic E-state index is -0.795. The predicted octanol–water partition coefficient (Wildman–Crippen LogP) is 1.46. The molecule has 6 heteroatoms. The fourth-order valence-electron chi connectivity index (χ4n) is 2.00. The number of hydrogen-bond acceptors (Lipinski definition) is 5. The van der Waals surface area contributed by atoms with Gasteiger partial charge in [-0.25, -0.2) is 9.78 Å². The van der Waals surface area contributed by atoms with Crippen LogP contribution < -0.4 is 15.8 Å². The summed E-state index contributed by atoms with van der Waals surface area (Å²) in [5, 5.41) is 3.88. The van der Waals surface area contributed by atoms with Crippen molar-refractivity contribution in [1.29, 1.82) is 0 Å². The van der Waals surface area contributed by atoms with Crippen molar-refractivity contribution in [2.45, 2.75) is 38.6 Å². The van der Waals surface area contributed by atoms with E-state index < -0.39 is 6.09 Å². The molecule has 3 N–H and O–H groups in total. The molecule has 17 heavy (non-hydrogen) atoms. The van der Waals surface area contributed by atoms with E-state index in [0.29, 0.717) is 11.2 Å². The summed E-state index contributed by atoms with van der Waals surface area (Å²) in [6, 6.07) is 0.518. The van der Waals surface area contributed by atoms with Crippen molar-refractivity contribution >= 4 is 17.4 Å². The van der Waals surface area contributed by atoms with Crippen LogP contribution in [0.5, 0.6) is 5.19 Å². The van der Waals surface area contributed by atoms with Crippen LogP contribution >= 0.6 is 11.3 Å². The molecule has 0 saturated heterocycles. The minimum Gasteiger partial charge on any atom is -0.381 e. The molecule has 1 amide bonds. The number of aryl methyl sites for hydroxylation is 1. The Balaban J connectivity index is 2.00. The van der Waals surface area contributed by atoms with E-state index in [9.17, 15) is 4.79 Å². The van der Waals surface area contributed by atoms with Gasteiger partial charge in [-0.3, -0.25) is 0 Å². The fourth-order valence-corrected chi connectivity index (χ4v) is 3.04. The molecule has 0 radical (unpaired) electrons. The lowest BCUT2D eigenvalue weighted by Crippen LogP contribution is -2.34. The highest BCUT2D eigenvalue weighted by Gasteiger charge is 2.22. The predicted molar refractivity (Wildman–Crippen MR) is 66.4 cm³/mol. The van der Waals surface area contributed by atoms with Crippen LogP contribution in [-0.2, 0) is 12.8 Å². The van der Waals surface area contributed by atoms with Gasteiger partial charge in [-0.15, -0.1) is 0 Å². The number of nitrogens with zero attached hydrogens (tertiary/aromatic N) is 1. The first-order valence-corrected chi connectivity index (χ1v) is 6.70. The second-order valence-corrected chi connectivity index (χ2v) is 5.21. The third-order valence-electron chi connectivity index (χ3n) is 2.79. The van der Waals surface area contributed by atoms with Gasteiger partial charge in [0.2, 0.25) is 0 Å². The molecule has 1 aliphatic carbocycles. The highest BCUT2D eigenvalue weighted by molar-refractivity contribution is 7.13. The SMILES string of the molecule is CCCN[C@H]1CCc2nc(OC(N)=O)sc2C1. The summed E-state index contributed by atoms with van der Waals surface area (Å²) in [6.07, 6.45) is 3.34. The van der Waals surface area contributed by atoms with Gasteiger partial charge < -0.3 is 15.8 Å². The third-order valence-corrected chi connectivity index (χ3v) is 3.79. The lowest BCUT2D eigenvalue weighted by Gasteiger charge is -2.21. The number of hydrogen-bond donors (Lipinski definition) is 2. The lowest BCUT2D eigenvalue weighted by molar-refractivity contribution is 0.210. The Morgan fingerprint density at radius 2 is 2.53 bits per heavy atom. The van der Waals surface area contributed by atoms with E-state index in [1.165, 1.54) is 16.2 Å². The number of primary amides is 1. The van der Waals surface area contributed by atoms with Crippen molar-refractivity contribution in [3.05, 3.63) is 10.6 Å². The molecule has 0 saturated carbocycles. The zero-order chi connectivity index (χ0) is 12.3. The molecule has 1 aliphatic rings. The maximum atomic E-state index is 10.6. The van der Waals surface area contributed by atoms with Crippen LogP contribution in [0.2, 0.25) is 0 Å². The standard InChI is InChI=1S/C11H17N3O2S/c1-2-5-13-7-3-4-8-9(6-7)17-11(14-8)16-10(12)15/h7,13H,2-6H2,1H3,(H2,12,15)/t7-/m0/s1. The van der Waals surface area contributed by atoms with Crippen LogP contribution in [0, 0.1) is 0 Å². The Labute approximate surface area is 104 Å². The average molecular weight is 255 g/mol. The Bertz CT molecular complexity index is 405. The quantitative estimate of drug-likeness (QED) is 0.854. The summed E-state index contributed by atoms with van der Waals surface area (Å²) in [5.41, 5.74) is 6.02. The largest absolute Gasteiger partial charge is 0.411 e. The van der Waals surface area contributed by atoms with Gasteiger partial charge in [0.25, 0.3) is 5.19 Å². The van der Waals surface area contributed by atoms with Gasteiger partial charge >= 0.3 is 6.09 Å². The molecule has 0 unspecified atom stereocenters. The second kappa shape index (κ2) is 5.46. The molecule has 1 atom stereocenters. The van der Waals surface area contributed by atoms with Gasteiger partial charge in [0.1, 0.15) is 0 Å². The highest BCUT2D eigenvalue weighted by Crippen LogP contribution is 2.31. The van der Waals surface area contributed by atoms with E-state index >= 15 is 0 Å². The fraction of sp³-hybridized carbons (Fsp3) is 0.636. The number of nitrogens with two attached hydrogens (primary N) is 1. The van der Waals surface area contributed by atoms with Crippen LogP contribution in [0.3, 0.4) is 0 Å². The molecule has 5 nitrogen and oxygen atoms in total. The Morgan fingerprint density at radius 1 is 1.71 bits per heavy atom. The van der Waals surface area contributed by atoms with Gasteiger partial charge in [-0.1, -0.05) is 18.3 Å². The summed E-state index contributed by atoms with van der Waals surface area (Å²) in [4.78, 5) is 16.1. The van der Waals surface area contributed by atoms with Crippen molar-refractivity contribution in [3.8, 4) is 5.19 Å². The summed E-state index contributed by atoms with van der Waals surface area (Å²) < 4.78 is 4.81. The van der Waals surface area contributed by atoms with Gasteiger partial charge in [-0.2, -0.15) is 0 Å². The maximum absolute atomic E-state index is 10.6. The highest BCUT2D eigenvalue weighted by atomic mass is 32.1. The third kappa shape index (κ3) is 3.17. The topological polar surface area (TPSA) is 77.2 Å². The first-order chi connectivity index (χ1) is 8.19. The van der Waals surface area contributed by atoms with Gasteiger partial charge in [0, 0.05) is 10.9 Å². The molecule has 1 aromatic rings. The van der Waals surface area contributed by atoms with Crippen LogP contribution in [0.15, 0.2) is 0 Å². The Hall–Kier alpha value is -1.14. The lowest BCUT2D eigenvalue weighted by atomic mass is 9.98. The Kier molecular flexibility index (Phi) is 3.96. The normalized spacial score (nSPS) is 18.8. The van der Waals surface area contributed by atoms with Crippen molar-refractivity contribution in [3.63, 3.8) is 0 Å². The number of fused-ring (bicyclic) bond motifs is 1. The maximum Gasteiger partial charge on any atom is 0.411 e. The molecule has 0 bridgehead atoms. The van der Waals surface area contributed by atoms with Crippen molar-refractivity contribution in [2.24, 2.45) is 5.73 Å².